The zero-order valence-electron chi connectivity index (χ0n) is 13.7. The van der Waals surface area contributed by atoms with Crippen molar-refractivity contribution in [3.8, 4) is 0 Å². The highest BCUT2D eigenvalue weighted by molar-refractivity contribution is 5.28. The van der Waals surface area contributed by atoms with Crippen LogP contribution in [0.4, 0.5) is 0 Å². The average Bonchev–Trinajstić information content (AvgIpc) is 3.06. The van der Waals surface area contributed by atoms with Crippen molar-refractivity contribution in [3.05, 3.63) is 17.0 Å². The number of morpholine rings is 1. The first-order chi connectivity index (χ1) is 10.6. The van der Waals surface area contributed by atoms with E-state index in [4.69, 9.17) is 4.74 Å². The SMILES string of the molecule is Cc1n[nH]c(C)c1C1CCCN1CC(O)CN1CCOCC1. The Morgan fingerprint density at radius 3 is 2.73 bits per heavy atom. The minimum Gasteiger partial charge on any atom is -0.390 e. The fraction of sp³-hybridized carbons (Fsp3) is 0.812. The van der Waals surface area contributed by atoms with Gasteiger partial charge in [0, 0.05) is 43.5 Å². The lowest BCUT2D eigenvalue weighted by molar-refractivity contribution is 0.00581. The summed E-state index contributed by atoms with van der Waals surface area (Å²) in [5, 5.41) is 17.9. The summed E-state index contributed by atoms with van der Waals surface area (Å²) in [6.07, 6.45) is 2.05. The lowest BCUT2D eigenvalue weighted by Crippen LogP contribution is -2.44. The number of hydrogen-bond donors (Lipinski definition) is 2. The molecule has 2 saturated heterocycles. The van der Waals surface area contributed by atoms with Gasteiger partial charge in [-0.05, 0) is 33.2 Å². The van der Waals surface area contributed by atoms with E-state index >= 15 is 0 Å². The van der Waals surface area contributed by atoms with Crippen LogP contribution in [0.2, 0.25) is 0 Å². The minimum atomic E-state index is -0.300. The molecule has 2 aliphatic rings. The molecular weight excluding hydrogens is 280 g/mol. The topological polar surface area (TPSA) is 64.6 Å². The molecule has 2 aliphatic heterocycles. The van der Waals surface area contributed by atoms with Gasteiger partial charge in [0.15, 0.2) is 0 Å². The molecule has 0 bridgehead atoms. The normalized spacial score (nSPS) is 25.7. The minimum absolute atomic E-state index is 0.300. The van der Waals surface area contributed by atoms with Crippen LogP contribution in [0.1, 0.15) is 35.8 Å². The summed E-state index contributed by atoms with van der Waals surface area (Å²) < 4.78 is 5.36. The number of hydrogen-bond acceptors (Lipinski definition) is 5. The van der Waals surface area contributed by atoms with E-state index in [1.807, 2.05) is 0 Å². The second-order valence-electron chi connectivity index (χ2n) is 6.57. The zero-order chi connectivity index (χ0) is 15.5. The molecule has 0 radical (unpaired) electrons. The summed E-state index contributed by atoms with van der Waals surface area (Å²) >= 11 is 0. The maximum absolute atomic E-state index is 10.5. The predicted molar refractivity (Wildman–Crippen MR) is 84.9 cm³/mol. The highest BCUT2D eigenvalue weighted by Gasteiger charge is 2.31. The van der Waals surface area contributed by atoms with Crippen LogP contribution in [0.3, 0.4) is 0 Å². The van der Waals surface area contributed by atoms with E-state index in [2.05, 4.69) is 33.8 Å². The van der Waals surface area contributed by atoms with Crippen molar-refractivity contribution >= 4 is 0 Å². The van der Waals surface area contributed by atoms with Crippen molar-refractivity contribution in [1.29, 1.82) is 0 Å². The fourth-order valence-corrected chi connectivity index (χ4v) is 3.83. The van der Waals surface area contributed by atoms with Crippen molar-refractivity contribution in [2.75, 3.05) is 45.9 Å². The average molecular weight is 308 g/mol. The molecule has 6 heteroatoms. The molecule has 2 N–H and O–H groups in total. The van der Waals surface area contributed by atoms with Gasteiger partial charge in [0.1, 0.15) is 0 Å². The number of aliphatic hydroxyl groups is 1. The molecule has 2 unspecified atom stereocenters. The Balaban J connectivity index is 1.59. The third-order valence-electron chi connectivity index (χ3n) is 4.90. The molecule has 2 atom stereocenters. The van der Waals surface area contributed by atoms with Gasteiger partial charge in [0.25, 0.3) is 0 Å². The van der Waals surface area contributed by atoms with Crippen LogP contribution in [0, 0.1) is 13.8 Å². The van der Waals surface area contributed by atoms with Crippen LogP contribution < -0.4 is 0 Å². The van der Waals surface area contributed by atoms with Crippen LogP contribution in [-0.4, -0.2) is 77.1 Å². The van der Waals surface area contributed by atoms with Gasteiger partial charge < -0.3 is 9.84 Å². The number of aryl methyl sites for hydroxylation is 2. The van der Waals surface area contributed by atoms with Crippen LogP contribution >= 0.6 is 0 Å². The molecule has 0 aromatic carbocycles. The maximum atomic E-state index is 10.5. The Morgan fingerprint density at radius 2 is 2.05 bits per heavy atom. The van der Waals surface area contributed by atoms with Gasteiger partial charge in [-0.2, -0.15) is 5.10 Å². The van der Waals surface area contributed by atoms with Crippen molar-refractivity contribution in [2.45, 2.75) is 38.8 Å². The Bertz CT molecular complexity index is 465. The van der Waals surface area contributed by atoms with E-state index in [0.29, 0.717) is 6.04 Å². The number of rotatable bonds is 5. The summed E-state index contributed by atoms with van der Waals surface area (Å²) in [5.41, 5.74) is 3.59. The first kappa shape index (κ1) is 15.9. The van der Waals surface area contributed by atoms with E-state index < -0.39 is 0 Å². The first-order valence-corrected chi connectivity index (χ1v) is 8.39. The predicted octanol–water partition coefficient (Wildman–Crippen LogP) is 0.857. The number of H-pyrrole nitrogens is 1. The van der Waals surface area contributed by atoms with Gasteiger partial charge in [-0.3, -0.25) is 14.9 Å². The second-order valence-corrected chi connectivity index (χ2v) is 6.57. The highest BCUT2D eigenvalue weighted by atomic mass is 16.5. The van der Waals surface area contributed by atoms with Crippen molar-refractivity contribution in [2.24, 2.45) is 0 Å². The summed E-state index contributed by atoms with van der Waals surface area (Å²) in [6, 6.07) is 0.401. The number of likely N-dealkylation sites (tertiary alicyclic amines) is 1. The lowest BCUT2D eigenvalue weighted by atomic mass is 10.0. The third kappa shape index (κ3) is 3.51. The molecule has 1 aromatic rings. The molecule has 1 aromatic heterocycles. The van der Waals surface area contributed by atoms with Gasteiger partial charge in [-0.1, -0.05) is 0 Å². The number of aromatic nitrogens is 2. The molecule has 0 amide bonds. The lowest BCUT2D eigenvalue weighted by Gasteiger charge is -2.32. The maximum Gasteiger partial charge on any atom is 0.0794 e. The number of aromatic amines is 1. The molecule has 3 rings (SSSR count). The molecule has 0 aliphatic carbocycles. The third-order valence-corrected chi connectivity index (χ3v) is 4.90. The second kappa shape index (κ2) is 7.08. The standard InChI is InChI=1S/C16H28N4O2/c1-12-16(13(2)18-17-12)15-4-3-5-20(15)11-14(21)10-19-6-8-22-9-7-19/h14-15,21H,3-11H2,1-2H3,(H,17,18). The molecule has 22 heavy (non-hydrogen) atoms. The smallest absolute Gasteiger partial charge is 0.0794 e. The van der Waals surface area contributed by atoms with Gasteiger partial charge in [-0.25, -0.2) is 0 Å². The first-order valence-electron chi connectivity index (χ1n) is 8.39. The van der Waals surface area contributed by atoms with E-state index in [-0.39, 0.29) is 6.10 Å². The largest absolute Gasteiger partial charge is 0.390 e. The molecule has 3 heterocycles. The molecule has 0 spiro atoms. The van der Waals surface area contributed by atoms with Crippen LogP contribution in [0.15, 0.2) is 0 Å². The zero-order valence-corrected chi connectivity index (χ0v) is 13.7. The summed E-state index contributed by atoms with van der Waals surface area (Å²) in [4.78, 5) is 4.73. The summed E-state index contributed by atoms with van der Waals surface area (Å²) in [6.45, 7) is 10.1. The molecule has 2 fully saturated rings. The van der Waals surface area contributed by atoms with Gasteiger partial charge >= 0.3 is 0 Å². The number of aliphatic hydroxyl groups excluding tert-OH is 1. The van der Waals surface area contributed by atoms with E-state index in [1.165, 1.54) is 12.0 Å². The number of β-amino-alcohol motifs (C(OH)–C–C–N with tert-alkyl or cyclic N) is 1. The number of nitrogens with zero attached hydrogens (tertiary/aromatic N) is 3. The molecular formula is C16H28N4O2. The monoisotopic (exact) mass is 308 g/mol. The van der Waals surface area contributed by atoms with E-state index in [0.717, 1.165) is 63.7 Å². The number of ether oxygens (including phenoxy) is 1. The molecule has 0 saturated carbocycles. The summed E-state index contributed by atoms with van der Waals surface area (Å²) in [5.74, 6) is 0. The van der Waals surface area contributed by atoms with Gasteiger partial charge in [0.05, 0.1) is 25.0 Å². The van der Waals surface area contributed by atoms with Crippen LogP contribution in [0.25, 0.3) is 0 Å². The quantitative estimate of drug-likeness (QED) is 0.844. The molecule has 6 nitrogen and oxygen atoms in total. The van der Waals surface area contributed by atoms with E-state index in [1.54, 1.807) is 0 Å². The highest BCUT2D eigenvalue weighted by Crippen LogP contribution is 2.34. The molecule has 124 valence electrons. The Hall–Kier alpha value is -0.950. The van der Waals surface area contributed by atoms with E-state index in [9.17, 15) is 5.11 Å². The van der Waals surface area contributed by atoms with Gasteiger partial charge in [0.2, 0.25) is 0 Å². The van der Waals surface area contributed by atoms with Gasteiger partial charge in [-0.15, -0.1) is 0 Å². The fourth-order valence-electron chi connectivity index (χ4n) is 3.83. The Labute approximate surface area is 132 Å². The van der Waals surface area contributed by atoms with Crippen molar-refractivity contribution < 1.29 is 9.84 Å². The number of nitrogens with one attached hydrogen (secondary N) is 1. The Kier molecular flexibility index (Phi) is 5.13. The summed E-state index contributed by atoms with van der Waals surface area (Å²) in [7, 11) is 0. The Morgan fingerprint density at radius 1 is 1.27 bits per heavy atom. The van der Waals surface area contributed by atoms with Crippen molar-refractivity contribution in [3.63, 3.8) is 0 Å². The van der Waals surface area contributed by atoms with Crippen LogP contribution in [0.5, 0.6) is 0 Å². The van der Waals surface area contributed by atoms with Crippen LogP contribution in [-0.2, 0) is 4.74 Å². The van der Waals surface area contributed by atoms with Crippen molar-refractivity contribution in [1.82, 2.24) is 20.0 Å².